The Kier molecular flexibility index (Phi) is 8.04. The topological polar surface area (TPSA) is 114 Å². The van der Waals surface area contributed by atoms with Crippen LogP contribution in [0.15, 0.2) is 84.2 Å². The number of aromatic amines is 1. The maximum Gasteiger partial charge on any atom is 0.267 e. The number of nitrogens with one attached hydrogen (secondary N) is 3. The highest BCUT2D eigenvalue weighted by atomic mass is 32.2. The number of benzene rings is 2. The van der Waals surface area contributed by atoms with Gasteiger partial charge in [-0.05, 0) is 59.9 Å². The number of amides is 1. The second kappa shape index (κ2) is 11.8. The van der Waals surface area contributed by atoms with Gasteiger partial charge < -0.3 is 15.0 Å². The normalized spacial score (nSPS) is 16.3. The number of rotatable bonds is 10. The van der Waals surface area contributed by atoms with Crippen LogP contribution in [-0.2, 0) is 37.5 Å². The van der Waals surface area contributed by atoms with Crippen LogP contribution in [0.25, 0.3) is 17.0 Å². The molecule has 9 nitrogen and oxygen atoms in total. The van der Waals surface area contributed by atoms with Crippen molar-refractivity contribution in [3.8, 4) is 0 Å². The number of aromatic nitrogens is 2. The summed E-state index contributed by atoms with van der Waals surface area (Å²) in [5, 5.41) is 4.59. The van der Waals surface area contributed by atoms with E-state index in [2.05, 4.69) is 21.8 Å². The molecule has 5 rings (SSSR count). The van der Waals surface area contributed by atoms with Crippen molar-refractivity contribution >= 4 is 32.9 Å². The van der Waals surface area contributed by atoms with Crippen molar-refractivity contribution in [2.24, 2.45) is 0 Å². The quantitative estimate of drug-likeness (QED) is 0.209. The number of para-hydroxylation sites is 1. The summed E-state index contributed by atoms with van der Waals surface area (Å²) in [6.07, 6.45) is 9.99. The van der Waals surface area contributed by atoms with Crippen molar-refractivity contribution < 1.29 is 22.8 Å². The van der Waals surface area contributed by atoms with Crippen molar-refractivity contribution in [1.29, 1.82) is 0 Å². The van der Waals surface area contributed by atoms with Gasteiger partial charge in [0.05, 0.1) is 4.90 Å². The summed E-state index contributed by atoms with van der Waals surface area (Å²) < 4.78 is 32.7. The van der Waals surface area contributed by atoms with E-state index in [1.165, 1.54) is 35.5 Å². The van der Waals surface area contributed by atoms with Crippen molar-refractivity contribution in [3.63, 3.8) is 0 Å². The SMILES string of the molecule is O=C(C=Cc1ccn(S(=O)(=O)c2ccc(CNCc3c[nH]c4ccccc34)cc2)c1)NOC1CCCCO1. The van der Waals surface area contributed by atoms with E-state index in [1.807, 2.05) is 24.4 Å². The van der Waals surface area contributed by atoms with Crippen LogP contribution in [0.5, 0.6) is 0 Å². The van der Waals surface area contributed by atoms with E-state index in [0.717, 1.165) is 34.3 Å². The predicted molar refractivity (Wildman–Crippen MR) is 144 cm³/mol. The zero-order valence-corrected chi connectivity index (χ0v) is 21.6. The highest BCUT2D eigenvalue weighted by Crippen LogP contribution is 2.19. The largest absolute Gasteiger partial charge is 0.361 e. The predicted octanol–water partition coefficient (Wildman–Crippen LogP) is 4.08. The third kappa shape index (κ3) is 6.22. The fraction of sp³-hybridized carbons (Fsp3) is 0.250. The van der Waals surface area contributed by atoms with Crippen LogP contribution in [-0.4, -0.2) is 36.2 Å². The van der Waals surface area contributed by atoms with Gasteiger partial charge >= 0.3 is 0 Å². The number of fused-ring (bicyclic) bond motifs is 1. The summed E-state index contributed by atoms with van der Waals surface area (Å²) in [5.41, 5.74) is 6.16. The van der Waals surface area contributed by atoms with Gasteiger partial charge in [-0.25, -0.2) is 22.7 Å². The second-order valence-electron chi connectivity index (χ2n) is 9.10. The van der Waals surface area contributed by atoms with Crippen molar-refractivity contribution in [2.75, 3.05) is 6.61 Å². The maximum atomic E-state index is 13.1. The van der Waals surface area contributed by atoms with E-state index in [4.69, 9.17) is 9.57 Å². The van der Waals surface area contributed by atoms with E-state index >= 15 is 0 Å². The summed E-state index contributed by atoms with van der Waals surface area (Å²) >= 11 is 0. The number of ether oxygens (including phenoxy) is 1. The van der Waals surface area contributed by atoms with Gasteiger partial charge in [-0.3, -0.25) is 4.79 Å². The molecule has 1 unspecified atom stereocenters. The summed E-state index contributed by atoms with van der Waals surface area (Å²) in [5.74, 6) is -0.455. The van der Waals surface area contributed by atoms with E-state index in [0.29, 0.717) is 25.3 Å². The molecule has 1 fully saturated rings. The Bertz CT molecular complexity index is 1520. The lowest BCUT2D eigenvalue weighted by molar-refractivity contribution is -0.198. The van der Waals surface area contributed by atoms with E-state index in [-0.39, 0.29) is 4.90 Å². The van der Waals surface area contributed by atoms with Crippen molar-refractivity contribution in [1.82, 2.24) is 19.8 Å². The third-order valence-electron chi connectivity index (χ3n) is 6.36. The summed E-state index contributed by atoms with van der Waals surface area (Å²) in [6.45, 7) is 1.92. The standard InChI is InChI=1S/C28H30N4O5S/c33-27(31-37-28-7-3-4-16-36-28)13-10-22-14-15-32(20-22)38(34,35)24-11-8-21(9-12-24)17-29-18-23-19-30-26-6-2-1-5-25(23)26/h1-2,5-6,8-15,19-20,28-30H,3-4,7,16-18H2,(H,31,33). The molecule has 2 aromatic heterocycles. The molecule has 1 aliphatic rings. The van der Waals surface area contributed by atoms with Crippen molar-refractivity contribution in [2.45, 2.75) is 43.5 Å². The van der Waals surface area contributed by atoms with Crippen LogP contribution in [0, 0.1) is 0 Å². The lowest BCUT2D eigenvalue weighted by Crippen LogP contribution is -2.32. The molecule has 198 valence electrons. The molecule has 10 heteroatoms. The first-order valence-electron chi connectivity index (χ1n) is 12.5. The minimum atomic E-state index is -3.76. The van der Waals surface area contributed by atoms with Gasteiger partial charge in [0.15, 0.2) is 6.29 Å². The summed E-state index contributed by atoms with van der Waals surface area (Å²) in [6, 6.07) is 16.6. The maximum absolute atomic E-state index is 13.1. The second-order valence-corrected chi connectivity index (χ2v) is 10.9. The van der Waals surface area contributed by atoms with E-state index < -0.39 is 22.2 Å². The molecular weight excluding hydrogens is 504 g/mol. The van der Waals surface area contributed by atoms with Gasteiger partial charge in [0.25, 0.3) is 15.9 Å². The molecule has 4 aromatic rings. The molecule has 1 amide bonds. The number of carbonyl (C=O) groups is 1. The lowest BCUT2D eigenvalue weighted by Gasteiger charge is -2.21. The smallest absolute Gasteiger partial charge is 0.267 e. The molecule has 2 aromatic carbocycles. The van der Waals surface area contributed by atoms with Crippen LogP contribution >= 0.6 is 0 Å². The number of nitrogens with zero attached hydrogens (tertiary/aromatic N) is 1. The van der Waals surface area contributed by atoms with Crippen molar-refractivity contribution in [3.05, 3.63) is 96.0 Å². The summed E-state index contributed by atoms with van der Waals surface area (Å²) in [4.78, 5) is 20.7. The number of hydroxylamine groups is 1. The molecule has 1 atom stereocenters. The zero-order valence-electron chi connectivity index (χ0n) is 20.8. The van der Waals surface area contributed by atoms with Gasteiger partial charge in [-0.15, -0.1) is 0 Å². The fourth-order valence-electron chi connectivity index (χ4n) is 4.29. The Morgan fingerprint density at radius 3 is 2.76 bits per heavy atom. The molecule has 0 radical (unpaired) electrons. The van der Waals surface area contributed by atoms with Crippen LogP contribution in [0.3, 0.4) is 0 Å². The minimum Gasteiger partial charge on any atom is -0.361 e. The lowest BCUT2D eigenvalue weighted by atomic mass is 10.1. The van der Waals surface area contributed by atoms with Gasteiger partial charge in [-0.1, -0.05) is 30.3 Å². The molecule has 1 saturated heterocycles. The Balaban J connectivity index is 1.14. The number of hydrogen-bond acceptors (Lipinski definition) is 6. The van der Waals surface area contributed by atoms with Gasteiger partial charge in [-0.2, -0.15) is 0 Å². The summed E-state index contributed by atoms with van der Waals surface area (Å²) in [7, 11) is -3.76. The highest BCUT2D eigenvalue weighted by Gasteiger charge is 2.17. The molecule has 1 aliphatic heterocycles. The molecule has 3 N–H and O–H groups in total. The molecule has 0 aliphatic carbocycles. The van der Waals surface area contributed by atoms with Crippen LogP contribution in [0.2, 0.25) is 0 Å². The molecule has 0 saturated carbocycles. The number of hydrogen-bond donors (Lipinski definition) is 3. The molecule has 3 heterocycles. The first-order valence-corrected chi connectivity index (χ1v) is 14.0. The first kappa shape index (κ1) is 25.9. The first-order chi connectivity index (χ1) is 18.5. The fourth-order valence-corrected chi connectivity index (χ4v) is 5.50. The molecule has 0 spiro atoms. The minimum absolute atomic E-state index is 0.183. The van der Waals surface area contributed by atoms with Gasteiger partial charge in [0.1, 0.15) is 0 Å². The zero-order chi connectivity index (χ0) is 26.4. The van der Waals surface area contributed by atoms with E-state index in [1.54, 1.807) is 30.3 Å². The highest BCUT2D eigenvalue weighted by molar-refractivity contribution is 7.90. The van der Waals surface area contributed by atoms with Crippen LogP contribution in [0.1, 0.15) is 36.0 Å². The van der Waals surface area contributed by atoms with E-state index in [9.17, 15) is 13.2 Å². The van der Waals surface area contributed by atoms with Crippen LogP contribution in [0.4, 0.5) is 0 Å². The Hall–Kier alpha value is -3.70. The van der Waals surface area contributed by atoms with Gasteiger partial charge in [0, 0.05) is 61.7 Å². The number of carbonyl (C=O) groups excluding carboxylic acids is 1. The third-order valence-corrected chi connectivity index (χ3v) is 8.01. The Morgan fingerprint density at radius 2 is 1.95 bits per heavy atom. The van der Waals surface area contributed by atoms with Crippen LogP contribution < -0.4 is 10.8 Å². The number of H-pyrrole nitrogens is 1. The monoisotopic (exact) mass is 534 g/mol. The molecule has 0 bridgehead atoms. The average molecular weight is 535 g/mol. The molecule has 38 heavy (non-hydrogen) atoms. The molecular formula is C28H30N4O5S. The Labute approximate surface area is 221 Å². The average Bonchev–Trinajstić information content (AvgIpc) is 3.60. The van der Waals surface area contributed by atoms with Gasteiger partial charge in [0.2, 0.25) is 0 Å². The Morgan fingerprint density at radius 1 is 1.11 bits per heavy atom.